The third-order valence-corrected chi connectivity index (χ3v) is 3.85. The lowest BCUT2D eigenvalue weighted by atomic mass is 10.1. The molecule has 1 N–H and O–H groups in total. The lowest BCUT2D eigenvalue weighted by Gasteiger charge is -2.19. The molecule has 1 amide bonds. The van der Waals surface area contributed by atoms with Crippen molar-refractivity contribution in [3.63, 3.8) is 0 Å². The summed E-state index contributed by atoms with van der Waals surface area (Å²) in [6, 6.07) is 3.83. The first-order valence-electron chi connectivity index (χ1n) is 7.08. The fourth-order valence-electron chi connectivity index (χ4n) is 2.60. The third-order valence-electron chi connectivity index (χ3n) is 3.85. The van der Waals surface area contributed by atoms with Crippen molar-refractivity contribution in [2.75, 3.05) is 26.0 Å². The quantitative estimate of drug-likeness (QED) is 0.893. The van der Waals surface area contributed by atoms with Crippen LogP contribution in [0.5, 0.6) is 0 Å². The van der Waals surface area contributed by atoms with Gasteiger partial charge in [-0.25, -0.2) is 0 Å². The Morgan fingerprint density at radius 1 is 1.30 bits per heavy atom. The number of nitrogens with zero attached hydrogens (tertiary/aromatic N) is 3. The number of hydrogen-bond acceptors (Lipinski definition) is 5. The van der Waals surface area contributed by atoms with Gasteiger partial charge in [0.05, 0.1) is 12.1 Å². The van der Waals surface area contributed by atoms with Gasteiger partial charge in [-0.2, -0.15) is 0 Å². The van der Waals surface area contributed by atoms with Crippen LogP contribution in [0, 0.1) is 5.92 Å². The molecule has 3 rings (SSSR count). The van der Waals surface area contributed by atoms with E-state index in [1.807, 2.05) is 6.07 Å². The molecule has 20 heavy (non-hydrogen) atoms. The van der Waals surface area contributed by atoms with Crippen molar-refractivity contribution in [3.05, 3.63) is 17.8 Å². The second kappa shape index (κ2) is 5.36. The molecule has 2 unspecified atom stereocenters. The summed E-state index contributed by atoms with van der Waals surface area (Å²) < 4.78 is 5.78. The van der Waals surface area contributed by atoms with Crippen LogP contribution in [-0.2, 0) is 4.74 Å². The van der Waals surface area contributed by atoms with Gasteiger partial charge >= 0.3 is 0 Å². The van der Waals surface area contributed by atoms with Crippen LogP contribution in [0.2, 0.25) is 0 Å². The van der Waals surface area contributed by atoms with Crippen LogP contribution in [0.1, 0.15) is 29.8 Å². The first-order valence-corrected chi connectivity index (χ1v) is 7.08. The van der Waals surface area contributed by atoms with Gasteiger partial charge < -0.3 is 15.0 Å². The zero-order valence-electron chi connectivity index (χ0n) is 11.9. The highest BCUT2D eigenvalue weighted by atomic mass is 16.5. The Labute approximate surface area is 118 Å². The molecular formula is C14H20N4O2. The smallest absolute Gasteiger partial charge is 0.273 e. The molecule has 1 saturated heterocycles. The number of aromatic nitrogens is 2. The molecule has 2 aliphatic rings. The van der Waals surface area contributed by atoms with Crippen LogP contribution in [0.25, 0.3) is 0 Å². The monoisotopic (exact) mass is 276 g/mol. The van der Waals surface area contributed by atoms with Crippen molar-refractivity contribution in [3.8, 4) is 0 Å². The average Bonchev–Trinajstić information content (AvgIpc) is 3.19. The van der Waals surface area contributed by atoms with Crippen LogP contribution < -0.4 is 5.32 Å². The molecule has 1 aromatic heterocycles. The van der Waals surface area contributed by atoms with E-state index < -0.39 is 0 Å². The minimum absolute atomic E-state index is 0.135. The highest BCUT2D eigenvalue weighted by Crippen LogP contribution is 2.39. The molecule has 0 aromatic carbocycles. The van der Waals surface area contributed by atoms with Gasteiger partial charge in [-0.15, -0.1) is 10.2 Å². The number of nitrogens with one attached hydrogen (secondary N) is 1. The third kappa shape index (κ3) is 2.75. The second-order valence-electron chi connectivity index (χ2n) is 5.72. The van der Waals surface area contributed by atoms with E-state index in [2.05, 4.69) is 15.5 Å². The van der Waals surface area contributed by atoms with Crippen molar-refractivity contribution in [1.29, 1.82) is 0 Å². The fraction of sp³-hybridized carbons (Fsp3) is 0.643. The molecule has 6 heteroatoms. The van der Waals surface area contributed by atoms with E-state index in [4.69, 9.17) is 4.74 Å². The summed E-state index contributed by atoms with van der Waals surface area (Å²) in [6.07, 6.45) is 3.84. The van der Waals surface area contributed by atoms with Crippen molar-refractivity contribution < 1.29 is 9.53 Å². The average molecular weight is 276 g/mol. The number of ether oxygens (including phenoxy) is 1. The number of anilines is 1. The lowest BCUT2D eigenvalue weighted by Crippen LogP contribution is -2.31. The van der Waals surface area contributed by atoms with Gasteiger partial charge in [-0.05, 0) is 37.3 Å². The maximum absolute atomic E-state index is 11.7. The van der Waals surface area contributed by atoms with Crippen LogP contribution in [0.3, 0.4) is 0 Å². The number of amides is 1. The van der Waals surface area contributed by atoms with Crippen molar-refractivity contribution in [2.24, 2.45) is 5.92 Å². The first-order chi connectivity index (χ1) is 9.65. The maximum atomic E-state index is 11.7. The van der Waals surface area contributed by atoms with Gasteiger partial charge in [-0.3, -0.25) is 4.79 Å². The van der Waals surface area contributed by atoms with Gasteiger partial charge in [0.2, 0.25) is 0 Å². The Morgan fingerprint density at radius 3 is 2.70 bits per heavy atom. The molecule has 2 heterocycles. The maximum Gasteiger partial charge on any atom is 0.273 e. The molecule has 6 nitrogen and oxygen atoms in total. The summed E-state index contributed by atoms with van der Waals surface area (Å²) in [5, 5.41) is 11.5. The summed E-state index contributed by atoms with van der Waals surface area (Å²) in [5.74, 6) is 1.28. The summed E-state index contributed by atoms with van der Waals surface area (Å²) >= 11 is 0. The SMILES string of the molecule is CN(C)C(=O)c1ccc(NC2CCOC2C2CC2)nn1. The fourth-order valence-corrected chi connectivity index (χ4v) is 2.60. The number of carbonyl (C=O) groups is 1. The van der Waals surface area contributed by atoms with Gasteiger partial charge in [0.25, 0.3) is 5.91 Å². The Balaban J connectivity index is 1.64. The molecule has 0 bridgehead atoms. The molecule has 1 aromatic rings. The van der Waals surface area contributed by atoms with E-state index in [-0.39, 0.29) is 5.91 Å². The standard InChI is InChI=1S/C14H20N4O2/c1-18(2)14(19)11-5-6-12(17-16-11)15-10-7-8-20-13(10)9-3-4-9/h5-6,9-10,13H,3-4,7-8H2,1-2H3,(H,15,17). The molecule has 0 radical (unpaired) electrons. The minimum Gasteiger partial charge on any atom is -0.376 e. The Hall–Kier alpha value is -1.69. The normalized spacial score (nSPS) is 25.5. The van der Waals surface area contributed by atoms with E-state index in [0.29, 0.717) is 29.6 Å². The topological polar surface area (TPSA) is 67.4 Å². The highest BCUT2D eigenvalue weighted by molar-refractivity contribution is 5.91. The summed E-state index contributed by atoms with van der Waals surface area (Å²) in [6.45, 7) is 0.809. The molecule has 0 spiro atoms. The molecule has 1 saturated carbocycles. The van der Waals surface area contributed by atoms with E-state index in [0.717, 1.165) is 13.0 Å². The van der Waals surface area contributed by atoms with Crippen LogP contribution in [-0.4, -0.2) is 53.9 Å². The zero-order chi connectivity index (χ0) is 14.1. The number of hydrogen-bond donors (Lipinski definition) is 1. The second-order valence-corrected chi connectivity index (χ2v) is 5.72. The minimum atomic E-state index is -0.135. The molecule has 2 atom stereocenters. The largest absolute Gasteiger partial charge is 0.376 e. The van der Waals surface area contributed by atoms with E-state index in [9.17, 15) is 4.79 Å². The predicted molar refractivity (Wildman–Crippen MR) is 74.5 cm³/mol. The van der Waals surface area contributed by atoms with Crippen LogP contribution >= 0.6 is 0 Å². The van der Waals surface area contributed by atoms with E-state index in [1.54, 1.807) is 20.2 Å². The van der Waals surface area contributed by atoms with Crippen LogP contribution in [0.15, 0.2) is 12.1 Å². The zero-order valence-corrected chi connectivity index (χ0v) is 11.9. The van der Waals surface area contributed by atoms with Crippen molar-refractivity contribution >= 4 is 11.7 Å². The number of rotatable bonds is 4. The van der Waals surface area contributed by atoms with E-state index >= 15 is 0 Å². The summed E-state index contributed by atoms with van der Waals surface area (Å²) in [5.41, 5.74) is 0.363. The van der Waals surface area contributed by atoms with Gasteiger partial charge in [0.15, 0.2) is 5.69 Å². The number of carbonyl (C=O) groups excluding carboxylic acids is 1. The van der Waals surface area contributed by atoms with Gasteiger partial charge in [0.1, 0.15) is 5.82 Å². The Kier molecular flexibility index (Phi) is 3.56. The Bertz CT molecular complexity index is 484. The summed E-state index contributed by atoms with van der Waals surface area (Å²) in [4.78, 5) is 13.2. The molecule has 108 valence electrons. The van der Waals surface area contributed by atoms with Gasteiger partial charge in [-0.1, -0.05) is 0 Å². The molecule has 1 aliphatic carbocycles. The lowest BCUT2D eigenvalue weighted by molar-refractivity contribution is 0.0820. The molecule has 2 fully saturated rings. The van der Waals surface area contributed by atoms with Gasteiger partial charge in [0, 0.05) is 20.7 Å². The van der Waals surface area contributed by atoms with Crippen molar-refractivity contribution in [1.82, 2.24) is 15.1 Å². The first kappa shape index (κ1) is 13.3. The molecule has 1 aliphatic heterocycles. The molecular weight excluding hydrogens is 256 g/mol. The van der Waals surface area contributed by atoms with E-state index in [1.165, 1.54) is 17.7 Å². The predicted octanol–water partition coefficient (Wildman–Crippen LogP) is 1.16. The van der Waals surface area contributed by atoms with Crippen LogP contribution in [0.4, 0.5) is 5.82 Å². The van der Waals surface area contributed by atoms with Crippen molar-refractivity contribution in [2.45, 2.75) is 31.4 Å². The summed E-state index contributed by atoms with van der Waals surface area (Å²) in [7, 11) is 3.40. The highest BCUT2D eigenvalue weighted by Gasteiger charge is 2.40. The Morgan fingerprint density at radius 2 is 2.10 bits per heavy atom.